The van der Waals surface area contributed by atoms with Crippen molar-refractivity contribution in [1.82, 2.24) is 14.5 Å². The molecule has 1 saturated carbocycles. The topological polar surface area (TPSA) is 58.4 Å². The molecule has 1 atom stereocenters. The van der Waals surface area contributed by atoms with Crippen LogP contribution in [0.4, 0.5) is 0 Å². The second kappa shape index (κ2) is 3.59. The van der Waals surface area contributed by atoms with E-state index in [1.54, 1.807) is 6.20 Å². The molecule has 5 heteroatoms. The van der Waals surface area contributed by atoms with Crippen LogP contribution in [0.15, 0.2) is 12.4 Å². The van der Waals surface area contributed by atoms with Gasteiger partial charge in [-0.25, -0.2) is 4.98 Å². The maximum atomic E-state index is 11.3. The van der Waals surface area contributed by atoms with Crippen LogP contribution < -0.4 is 0 Å². The van der Waals surface area contributed by atoms with E-state index < -0.39 is 5.97 Å². The largest absolute Gasteiger partial charge is 0.480 e. The first-order valence-corrected chi connectivity index (χ1v) is 5.72. The van der Waals surface area contributed by atoms with Gasteiger partial charge in [0.15, 0.2) is 0 Å². The molecule has 1 N–H and O–H groups in total. The summed E-state index contributed by atoms with van der Waals surface area (Å²) in [5, 5.41) is 9.27. The fourth-order valence-corrected chi connectivity index (χ4v) is 2.50. The van der Waals surface area contributed by atoms with Crippen molar-refractivity contribution >= 4 is 5.97 Å². The van der Waals surface area contributed by atoms with Crippen LogP contribution in [0.3, 0.4) is 0 Å². The number of imidazole rings is 1. The summed E-state index contributed by atoms with van der Waals surface area (Å²) >= 11 is 0. The predicted octanol–water partition coefficient (Wildman–Crippen LogP) is 0.562. The fourth-order valence-electron chi connectivity index (χ4n) is 2.50. The first-order chi connectivity index (χ1) is 7.75. The Kier molecular flexibility index (Phi) is 2.21. The maximum Gasteiger partial charge on any atom is 0.321 e. The molecule has 1 unspecified atom stereocenters. The van der Waals surface area contributed by atoms with Gasteiger partial charge in [0, 0.05) is 25.5 Å². The average Bonchev–Trinajstić information content (AvgIpc) is 2.96. The zero-order valence-electron chi connectivity index (χ0n) is 9.04. The maximum absolute atomic E-state index is 11.3. The second-order valence-electron chi connectivity index (χ2n) is 4.63. The first-order valence-electron chi connectivity index (χ1n) is 5.72. The first kappa shape index (κ1) is 9.84. The molecule has 86 valence electrons. The normalized spacial score (nSPS) is 22.8. The molecular weight excluding hydrogens is 206 g/mol. The number of hydrogen-bond acceptors (Lipinski definition) is 3. The third-order valence-electron chi connectivity index (χ3n) is 3.49. The SMILES string of the molecule is O=C(O)C(C1CC1)N1CCn2ccnc2C1. The lowest BCUT2D eigenvalue weighted by Gasteiger charge is -2.32. The molecular formula is C11H15N3O2. The summed E-state index contributed by atoms with van der Waals surface area (Å²) in [6.45, 7) is 2.34. The van der Waals surface area contributed by atoms with Crippen LogP contribution in [0.1, 0.15) is 18.7 Å². The van der Waals surface area contributed by atoms with Crippen LogP contribution in [0.5, 0.6) is 0 Å². The summed E-state index contributed by atoms with van der Waals surface area (Å²) in [6.07, 6.45) is 5.86. The van der Waals surface area contributed by atoms with Gasteiger partial charge in [-0.05, 0) is 18.8 Å². The van der Waals surface area contributed by atoms with E-state index in [1.165, 1.54) is 0 Å². The molecule has 1 aliphatic carbocycles. The molecule has 1 fully saturated rings. The van der Waals surface area contributed by atoms with E-state index in [2.05, 4.69) is 14.5 Å². The summed E-state index contributed by atoms with van der Waals surface area (Å²) in [4.78, 5) is 17.6. The van der Waals surface area contributed by atoms with Gasteiger partial charge in [0.05, 0.1) is 6.54 Å². The third kappa shape index (κ3) is 1.61. The molecule has 1 aliphatic heterocycles. The lowest BCUT2D eigenvalue weighted by Crippen LogP contribution is -2.46. The zero-order chi connectivity index (χ0) is 11.1. The van der Waals surface area contributed by atoms with Crippen molar-refractivity contribution in [2.45, 2.75) is 32.0 Å². The second-order valence-corrected chi connectivity index (χ2v) is 4.63. The number of fused-ring (bicyclic) bond motifs is 1. The lowest BCUT2D eigenvalue weighted by atomic mass is 10.1. The number of rotatable bonds is 3. The number of carboxylic acids is 1. The van der Waals surface area contributed by atoms with Crippen LogP contribution >= 0.6 is 0 Å². The van der Waals surface area contributed by atoms with Crippen molar-refractivity contribution in [2.24, 2.45) is 5.92 Å². The molecule has 1 aromatic rings. The van der Waals surface area contributed by atoms with Crippen molar-refractivity contribution in [3.63, 3.8) is 0 Å². The highest BCUT2D eigenvalue weighted by Gasteiger charge is 2.41. The number of carboxylic acid groups (broad SMARTS) is 1. The Hall–Kier alpha value is -1.36. The van der Waals surface area contributed by atoms with Crippen molar-refractivity contribution < 1.29 is 9.90 Å². The highest BCUT2D eigenvalue weighted by atomic mass is 16.4. The van der Waals surface area contributed by atoms with E-state index in [0.717, 1.165) is 31.8 Å². The number of carbonyl (C=O) groups is 1. The highest BCUT2D eigenvalue weighted by molar-refractivity contribution is 5.74. The smallest absolute Gasteiger partial charge is 0.321 e. The van der Waals surface area contributed by atoms with Crippen molar-refractivity contribution in [2.75, 3.05) is 6.54 Å². The van der Waals surface area contributed by atoms with Gasteiger partial charge < -0.3 is 9.67 Å². The van der Waals surface area contributed by atoms with Crippen molar-refractivity contribution in [1.29, 1.82) is 0 Å². The Labute approximate surface area is 93.7 Å². The third-order valence-corrected chi connectivity index (χ3v) is 3.49. The molecule has 1 aromatic heterocycles. The molecule has 0 saturated heterocycles. The Morgan fingerprint density at radius 3 is 3.00 bits per heavy atom. The van der Waals surface area contributed by atoms with Gasteiger partial charge in [0.2, 0.25) is 0 Å². The molecule has 5 nitrogen and oxygen atoms in total. The van der Waals surface area contributed by atoms with Gasteiger partial charge in [0.25, 0.3) is 0 Å². The molecule has 0 aromatic carbocycles. The Balaban J connectivity index is 1.78. The van der Waals surface area contributed by atoms with E-state index in [9.17, 15) is 9.90 Å². The summed E-state index contributed by atoms with van der Waals surface area (Å²) in [5.41, 5.74) is 0. The molecule has 2 heterocycles. The number of aliphatic carboxylic acids is 1. The van der Waals surface area contributed by atoms with E-state index >= 15 is 0 Å². The van der Waals surface area contributed by atoms with Crippen molar-refractivity contribution in [3.05, 3.63) is 18.2 Å². The molecule has 0 spiro atoms. The summed E-state index contributed by atoms with van der Waals surface area (Å²) in [5.74, 6) is 0.666. The molecule has 16 heavy (non-hydrogen) atoms. The predicted molar refractivity (Wildman–Crippen MR) is 56.8 cm³/mol. The van der Waals surface area contributed by atoms with Gasteiger partial charge in [-0.15, -0.1) is 0 Å². The van der Waals surface area contributed by atoms with Crippen LogP contribution in [0.25, 0.3) is 0 Å². The van der Waals surface area contributed by atoms with Crippen LogP contribution in [0, 0.1) is 5.92 Å². The summed E-state index contributed by atoms with van der Waals surface area (Å²) in [7, 11) is 0. The van der Waals surface area contributed by atoms with Crippen LogP contribution in [-0.2, 0) is 17.9 Å². The molecule has 0 amide bonds. The minimum absolute atomic E-state index is 0.301. The zero-order valence-corrected chi connectivity index (χ0v) is 9.04. The van der Waals surface area contributed by atoms with Gasteiger partial charge in [0.1, 0.15) is 11.9 Å². The molecule has 0 bridgehead atoms. The van der Waals surface area contributed by atoms with Crippen molar-refractivity contribution in [3.8, 4) is 0 Å². The molecule has 3 rings (SSSR count). The van der Waals surface area contributed by atoms with E-state index in [4.69, 9.17) is 0 Å². The molecule has 2 aliphatic rings. The number of nitrogens with zero attached hydrogens (tertiary/aromatic N) is 3. The van der Waals surface area contributed by atoms with E-state index in [1.807, 2.05) is 6.20 Å². The Bertz CT molecular complexity index is 411. The quantitative estimate of drug-likeness (QED) is 0.810. The number of aromatic nitrogens is 2. The highest BCUT2D eigenvalue weighted by Crippen LogP contribution is 2.36. The monoisotopic (exact) mass is 221 g/mol. The lowest BCUT2D eigenvalue weighted by molar-refractivity contribution is -0.144. The van der Waals surface area contributed by atoms with Gasteiger partial charge in [-0.3, -0.25) is 9.69 Å². The van der Waals surface area contributed by atoms with Gasteiger partial charge in [-0.1, -0.05) is 0 Å². The van der Waals surface area contributed by atoms with Gasteiger partial charge in [-0.2, -0.15) is 0 Å². The fraction of sp³-hybridized carbons (Fsp3) is 0.636. The summed E-state index contributed by atoms with van der Waals surface area (Å²) in [6, 6.07) is -0.301. The average molecular weight is 221 g/mol. The van der Waals surface area contributed by atoms with Gasteiger partial charge >= 0.3 is 5.97 Å². The Morgan fingerprint density at radius 2 is 2.31 bits per heavy atom. The summed E-state index contributed by atoms with van der Waals surface area (Å²) < 4.78 is 2.10. The van der Waals surface area contributed by atoms with Crippen LogP contribution in [-0.4, -0.2) is 38.1 Å². The molecule has 0 radical (unpaired) electrons. The minimum atomic E-state index is -0.678. The minimum Gasteiger partial charge on any atom is -0.480 e. The Morgan fingerprint density at radius 1 is 1.50 bits per heavy atom. The number of hydrogen-bond donors (Lipinski definition) is 1. The standard InChI is InChI=1S/C11H15N3O2/c15-11(16)10(8-1-2-8)14-6-5-13-4-3-12-9(13)7-14/h3-4,8,10H,1-2,5-7H2,(H,15,16). The van der Waals surface area contributed by atoms with Crippen LogP contribution in [0.2, 0.25) is 0 Å². The van der Waals surface area contributed by atoms with E-state index in [-0.39, 0.29) is 6.04 Å². The van der Waals surface area contributed by atoms with E-state index in [0.29, 0.717) is 12.5 Å².